The van der Waals surface area contributed by atoms with Crippen LogP contribution in [0.3, 0.4) is 0 Å². The fourth-order valence-electron chi connectivity index (χ4n) is 1.76. The Bertz CT molecular complexity index is 659. The van der Waals surface area contributed by atoms with E-state index in [9.17, 15) is 9.00 Å². The van der Waals surface area contributed by atoms with Crippen LogP contribution in [0.1, 0.15) is 5.56 Å². The molecule has 1 atom stereocenters. The van der Waals surface area contributed by atoms with E-state index in [1.807, 2.05) is 12.1 Å². The van der Waals surface area contributed by atoms with Gasteiger partial charge in [0, 0.05) is 21.6 Å². The summed E-state index contributed by atoms with van der Waals surface area (Å²) in [6.45, 7) is 0.411. The Balaban J connectivity index is 1.97. The maximum atomic E-state index is 12.1. The fraction of sp³-hybridized carbons (Fsp3) is 0.133. The average Bonchev–Trinajstić information content (AvgIpc) is 2.47. The molecular weight excluding hydrogens is 352 g/mol. The van der Waals surface area contributed by atoms with Gasteiger partial charge >= 0.3 is 0 Å². The number of halogens is 1. The van der Waals surface area contributed by atoms with Crippen LogP contribution in [-0.4, -0.2) is 15.9 Å². The molecule has 0 heterocycles. The lowest BCUT2D eigenvalue weighted by molar-refractivity contribution is -0.113. The zero-order valence-electron chi connectivity index (χ0n) is 11.2. The third-order valence-electron chi connectivity index (χ3n) is 2.79. The molecule has 0 aliphatic carbocycles. The fourth-order valence-corrected chi connectivity index (χ4v) is 2.94. The van der Waals surface area contributed by atoms with E-state index in [0.29, 0.717) is 17.1 Å². The predicted octanol–water partition coefficient (Wildman–Crippen LogP) is 2.65. The summed E-state index contributed by atoms with van der Waals surface area (Å²) in [6.07, 6.45) is 0. The van der Waals surface area contributed by atoms with Gasteiger partial charge in [-0.25, -0.2) is 0 Å². The van der Waals surface area contributed by atoms with Gasteiger partial charge in [0.1, 0.15) is 5.75 Å². The highest BCUT2D eigenvalue weighted by atomic mass is 79.9. The molecule has 110 valence electrons. The molecule has 0 saturated carbocycles. The first-order chi connectivity index (χ1) is 10.1. The van der Waals surface area contributed by atoms with E-state index in [4.69, 9.17) is 5.73 Å². The molecule has 0 aliphatic rings. The molecule has 0 fully saturated rings. The standard InChI is InChI=1S/C15H15BrN2O2S/c16-12-4-6-14(7-5-12)21(20)10-15(19)18-13-3-1-2-11(8-13)9-17/h1-8H,9-10,17H2,(H,18,19). The van der Waals surface area contributed by atoms with Gasteiger partial charge in [-0.15, -0.1) is 0 Å². The first kappa shape index (κ1) is 15.9. The summed E-state index contributed by atoms with van der Waals surface area (Å²) in [5.74, 6) is -0.362. The van der Waals surface area contributed by atoms with E-state index in [0.717, 1.165) is 10.0 Å². The van der Waals surface area contributed by atoms with Crippen molar-refractivity contribution in [1.82, 2.24) is 0 Å². The van der Waals surface area contributed by atoms with Crippen LogP contribution in [0.4, 0.5) is 5.69 Å². The monoisotopic (exact) mass is 366 g/mol. The number of hydrogen-bond donors (Lipinski definition) is 2. The topological polar surface area (TPSA) is 72.2 Å². The van der Waals surface area contributed by atoms with Crippen LogP contribution >= 0.6 is 15.9 Å². The molecule has 0 spiro atoms. The predicted molar refractivity (Wildman–Crippen MR) is 88.4 cm³/mol. The number of nitrogens with two attached hydrogens (primary N) is 1. The molecule has 3 N–H and O–H groups in total. The third kappa shape index (κ3) is 4.77. The summed E-state index contributed by atoms with van der Waals surface area (Å²) in [7, 11) is -1.36. The Kier molecular flexibility index (Phi) is 5.67. The molecule has 1 unspecified atom stereocenters. The van der Waals surface area contributed by atoms with E-state index < -0.39 is 10.8 Å². The summed E-state index contributed by atoms with van der Waals surface area (Å²) >= 11 is 3.31. The molecule has 4 nitrogen and oxygen atoms in total. The largest absolute Gasteiger partial charge is 0.326 e. The summed E-state index contributed by atoms with van der Waals surface area (Å²) in [5, 5.41) is 2.73. The van der Waals surface area contributed by atoms with Crippen LogP contribution in [0.15, 0.2) is 57.9 Å². The molecule has 6 heteroatoms. The molecule has 21 heavy (non-hydrogen) atoms. The normalized spacial score (nSPS) is 11.9. The lowest BCUT2D eigenvalue weighted by Crippen LogP contribution is -2.19. The second kappa shape index (κ2) is 7.49. The summed E-state index contributed by atoms with van der Waals surface area (Å²) in [6, 6.07) is 14.4. The Morgan fingerprint density at radius 3 is 2.57 bits per heavy atom. The van der Waals surface area contributed by atoms with Crippen molar-refractivity contribution in [3.63, 3.8) is 0 Å². The van der Waals surface area contributed by atoms with Crippen LogP contribution in [0.2, 0.25) is 0 Å². The SMILES string of the molecule is NCc1cccc(NC(=O)CS(=O)c2ccc(Br)cc2)c1. The summed E-state index contributed by atoms with van der Waals surface area (Å²) in [4.78, 5) is 12.5. The number of hydrogen-bond acceptors (Lipinski definition) is 3. The van der Waals surface area contributed by atoms with Gasteiger partial charge in [-0.1, -0.05) is 28.1 Å². The first-order valence-electron chi connectivity index (χ1n) is 6.31. The average molecular weight is 367 g/mol. The summed E-state index contributed by atoms with van der Waals surface area (Å²) in [5.41, 5.74) is 7.15. The lowest BCUT2D eigenvalue weighted by Gasteiger charge is -2.07. The van der Waals surface area contributed by atoms with Gasteiger partial charge in [0.15, 0.2) is 0 Å². The van der Waals surface area contributed by atoms with E-state index in [-0.39, 0.29) is 11.7 Å². The zero-order chi connectivity index (χ0) is 15.2. The minimum absolute atomic E-state index is 0.0749. The number of carbonyl (C=O) groups is 1. The van der Waals surface area contributed by atoms with Crippen molar-refractivity contribution < 1.29 is 9.00 Å². The van der Waals surface area contributed by atoms with Crippen molar-refractivity contribution in [2.75, 3.05) is 11.1 Å². The van der Waals surface area contributed by atoms with Crippen molar-refractivity contribution >= 4 is 38.3 Å². The molecule has 2 aromatic rings. The first-order valence-corrected chi connectivity index (χ1v) is 8.42. The van der Waals surface area contributed by atoms with Gasteiger partial charge in [0.2, 0.25) is 5.91 Å². The maximum absolute atomic E-state index is 12.1. The molecule has 0 radical (unpaired) electrons. The lowest BCUT2D eigenvalue weighted by atomic mass is 10.2. The maximum Gasteiger partial charge on any atom is 0.237 e. The van der Waals surface area contributed by atoms with E-state index in [1.54, 1.807) is 36.4 Å². The highest BCUT2D eigenvalue weighted by Crippen LogP contribution is 2.14. The molecular formula is C15H15BrN2O2S. The Morgan fingerprint density at radius 1 is 1.19 bits per heavy atom. The van der Waals surface area contributed by atoms with Gasteiger partial charge in [-0.2, -0.15) is 0 Å². The number of rotatable bonds is 5. The highest BCUT2D eigenvalue weighted by Gasteiger charge is 2.10. The molecule has 2 rings (SSSR count). The van der Waals surface area contributed by atoms with Crippen LogP contribution in [0.25, 0.3) is 0 Å². The summed E-state index contributed by atoms with van der Waals surface area (Å²) < 4.78 is 13.0. The number of amides is 1. The van der Waals surface area contributed by atoms with Crippen molar-refractivity contribution in [2.24, 2.45) is 5.73 Å². The second-order valence-electron chi connectivity index (χ2n) is 4.40. The minimum atomic E-state index is -1.36. The van der Waals surface area contributed by atoms with Crippen LogP contribution < -0.4 is 11.1 Å². The highest BCUT2D eigenvalue weighted by molar-refractivity contribution is 9.10. The molecule has 2 aromatic carbocycles. The van der Waals surface area contributed by atoms with Crippen LogP contribution in [-0.2, 0) is 22.1 Å². The Labute approximate surface area is 134 Å². The van der Waals surface area contributed by atoms with Gasteiger partial charge < -0.3 is 11.1 Å². The Morgan fingerprint density at radius 2 is 1.90 bits per heavy atom. The van der Waals surface area contributed by atoms with E-state index >= 15 is 0 Å². The van der Waals surface area contributed by atoms with Crippen molar-refractivity contribution in [3.05, 3.63) is 58.6 Å². The minimum Gasteiger partial charge on any atom is -0.326 e. The van der Waals surface area contributed by atoms with Gasteiger partial charge in [-0.05, 0) is 42.0 Å². The van der Waals surface area contributed by atoms with Crippen molar-refractivity contribution in [1.29, 1.82) is 0 Å². The molecule has 0 bridgehead atoms. The van der Waals surface area contributed by atoms with Crippen molar-refractivity contribution in [3.8, 4) is 0 Å². The van der Waals surface area contributed by atoms with Crippen LogP contribution in [0.5, 0.6) is 0 Å². The van der Waals surface area contributed by atoms with Crippen LogP contribution in [0, 0.1) is 0 Å². The number of carbonyl (C=O) groups excluding carboxylic acids is 1. The van der Waals surface area contributed by atoms with Gasteiger partial charge in [0.05, 0.1) is 10.8 Å². The van der Waals surface area contributed by atoms with E-state index in [1.165, 1.54) is 0 Å². The van der Waals surface area contributed by atoms with Crippen molar-refractivity contribution in [2.45, 2.75) is 11.4 Å². The smallest absolute Gasteiger partial charge is 0.237 e. The zero-order valence-corrected chi connectivity index (χ0v) is 13.6. The quantitative estimate of drug-likeness (QED) is 0.854. The molecule has 0 aliphatic heterocycles. The molecule has 1 amide bonds. The number of nitrogens with one attached hydrogen (secondary N) is 1. The second-order valence-corrected chi connectivity index (χ2v) is 6.76. The van der Waals surface area contributed by atoms with Gasteiger partial charge in [-0.3, -0.25) is 9.00 Å². The number of benzene rings is 2. The molecule has 0 saturated heterocycles. The number of anilines is 1. The molecule has 0 aromatic heterocycles. The van der Waals surface area contributed by atoms with Gasteiger partial charge in [0.25, 0.3) is 0 Å². The van der Waals surface area contributed by atoms with E-state index in [2.05, 4.69) is 21.2 Å². The third-order valence-corrected chi connectivity index (χ3v) is 4.64. The Hall–Kier alpha value is -1.50.